The van der Waals surface area contributed by atoms with Crippen molar-refractivity contribution in [3.63, 3.8) is 0 Å². The van der Waals surface area contributed by atoms with Gasteiger partial charge >= 0.3 is 5.97 Å². The molecule has 180 valence electrons. The number of esters is 1. The van der Waals surface area contributed by atoms with E-state index in [0.29, 0.717) is 34.7 Å². The maximum Gasteiger partial charge on any atom is 0.337 e. The fourth-order valence-electron chi connectivity index (χ4n) is 3.41. The predicted octanol–water partition coefficient (Wildman–Crippen LogP) is 4.83. The number of rotatable bonds is 10. The van der Waals surface area contributed by atoms with E-state index in [4.69, 9.17) is 9.47 Å². The van der Waals surface area contributed by atoms with Gasteiger partial charge in [0.25, 0.3) is 0 Å². The minimum Gasteiger partial charge on any atom is -0.485 e. The summed E-state index contributed by atoms with van der Waals surface area (Å²) in [5.41, 5.74) is 3.18. The van der Waals surface area contributed by atoms with E-state index in [1.165, 1.54) is 18.9 Å². The lowest BCUT2D eigenvalue weighted by atomic mass is 10.0. The second-order valence-corrected chi connectivity index (χ2v) is 8.98. The molecule has 0 saturated heterocycles. The lowest BCUT2D eigenvalue weighted by Gasteiger charge is -2.15. The highest BCUT2D eigenvalue weighted by Gasteiger charge is 2.16. The van der Waals surface area contributed by atoms with Crippen molar-refractivity contribution < 1.29 is 19.1 Å². The minimum absolute atomic E-state index is 0.150. The molecule has 0 saturated carbocycles. The van der Waals surface area contributed by atoms with E-state index in [0.717, 1.165) is 16.9 Å². The Kier molecular flexibility index (Phi) is 8.70. The quantitative estimate of drug-likeness (QED) is 0.327. The Bertz CT molecular complexity index is 1160. The first kappa shape index (κ1) is 25.3. The number of aryl methyl sites for hydroxylation is 1. The highest BCUT2D eigenvalue weighted by atomic mass is 32.2. The van der Waals surface area contributed by atoms with E-state index in [9.17, 15) is 9.59 Å². The molecule has 0 aliphatic heterocycles. The molecule has 34 heavy (non-hydrogen) atoms. The molecule has 0 aliphatic rings. The summed E-state index contributed by atoms with van der Waals surface area (Å²) in [5.74, 6) is 1.38. The molecule has 0 fully saturated rings. The molecule has 8 nitrogen and oxygen atoms in total. The van der Waals surface area contributed by atoms with Crippen molar-refractivity contribution in [1.82, 2.24) is 14.8 Å². The molecule has 9 heteroatoms. The monoisotopic (exact) mass is 482 g/mol. The largest absolute Gasteiger partial charge is 0.485 e. The number of hydrogen-bond donors (Lipinski definition) is 1. The Morgan fingerprint density at radius 1 is 1.15 bits per heavy atom. The van der Waals surface area contributed by atoms with Gasteiger partial charge in [0.1, 0.15) is 12.4 Å². The number of carbonyl (C=O) groups excluding carboxylic acids is 2. The number of benzene rings is 2. The summed E-state index contributed by atoms with van der Waals surface area (Å²) in [7, 11) is 1.32. The molecule has 0 spiro atoms. The van der Waals surface area contributed by atoms with Gasteiger partial charge in [0.05, 0.1) is 18.4 Å². The molecule has 0 bridgehead atoms. The van der Waals surface area contributed by atoms with Crippen molar-refractivity contribution in [3.05, 3.63) is 65.0 Å². The Labute approximate surface area is 204 Å². The predicted molar refractivity (Wildman–Crippen MR) is 132 cm³/mol. The number of carbonyl (C=O) groups is 2. The number of ether oxygens (including phenoxy) is 2. The standard InChI is InChI=1S/C25H30N4O4S/c1-6-29-22(14-33-21-12-17(4)10-11-20(21)16(2)3)27-28-25(29)34-15-23(30)26-19-9-7-8-18(13-19)24(31)32-5/h7-13,16H,6,14-15H2,1-5H3,(H,26,30). The molecule has 3 rings (SSSR count). The zero-order chi connectivity index (χ0) is 24.7. The van der Waals surface area contributed by atoms with Gasteiger partial charge in [-0.05, 0) is 55.2 Å². The third kappa shape index (κ3) is 6.38. The van der Waals surface area contributed by atoms with Crippen LogP contribution in [0, 0.1) is 6.92 Å². The van der Waals surface area contributed by atoms with Gasteiger partial charge in [-0.3, -0.25) is 4.79 Å². The van der Waals surface area contributed by atoms with E-state index < -0.39 is 5.97 Å². The number of nitrogens with zero attached hydrogens (tertiary/aromatic N) is 3. The van der Waals surface area contributed by atoms with Crippen LogP contribution in [0.3, 0.4) is 0 Å². The van der Waals surface area contributed by atoms with Crippen molar-refractivity contribution in [1.29, 1.82) is 0 Å². The average molecular weight is 483 g/mol. The SMILES string of the molecule is CCn1c(COc2cc(C)ccc2C(C)C)nnc1SCC(=O)Nc1cccc(C(=O)OC)c1. The van der Waals surface area contributed by atoms with Gasteiger partial charge in [-0.1, -0.05) is 43.8 Å². The fourth-order valence-corrected chi connectivity index (χ4v) is 4.23. The zero-order valence-corrected chi connectivity index (χ0v) is 20.9. The molecule has 0 aliphatic carbocycles. The normalized spacial score (nSPS) is 10.9. The first-order valence-electron chi connectivity index (χ1n) is 11.1. The van der Waals surface area contributed by atoms with Crippen molar-refractivity contribution in [2.45, 2.75) is 51.9 Å². The van der Waals surface area contributed by atoms with Crippen LogP contribution in [-0.4, -0.2) is 39.5 Å². The van der Waals surface area contributed by atoms with Crippen LogP contribution in [0.25, 0.3) is 0 Å². The molecular formula is C25H30N4O4S. The summed E-state index contributed by atoms with van der Waals surface area (Å²) in [5, 5.41) is 12.0. The molecule has 1 heterocycles. The molecule has 3 aromatic rings. The molecule has 1 aromatic heterocycles. The van der Waals surface area contributed by atoms with Gasteiger partial charge < -0.3 is 19.4 Å². The molecule has 0 unspecified atom stereocenters. The summed E-state index contributed by atoms with van der Waals surface area (Å²) in [6, 6.07) is 12.8. The number of methoxy groups -OCH3 is 1. The third-order valence-electron chi connectivity index (χ3n) is 5.16. The van der Waals surface area contributed by atoms with Crippen LogP contribution in [0.5, 0.6) is 5.75 Å². The van der Waals surface area contributed by atoms with E-state index in [-0.39, 0.29) is 18.3 Å². The lowest BCUT2D eigenvalue weighted by molar-refractivity contribution is -0.113. The van der Waals surface area contributed by atoms with Crippen LogP contribution >= 0.6 is 11.8 Å². The maximum atomic E-state index is 12.5. The average Bonchev–Trinajstić information content (AvgIpc) is 3.22. The third-order valence-corrected chi connectivity index (χ3v) is 6.12. The van der Waals surface area contributed by atoms with E-state index in [1.807, 2.05) is 24.5 Å². The first-order chi connectivity index (χ1) is 16.3. The minimum atomic E-state index is -0.456. The van der Waals surface area contributed by atoms with Crippen LogP contribution in [0.15, 0.2) is 47.6 Å². The molecule has 1 N–H and O–H groups in total. The maximum absolute atomic E-state index is 12.5. The van der Waals surface area contributed by atoms with Crippen LogP contribution in [-0.2, 0) is 22.7 Å². The number of amides is 1. The van der Waals surface area contributed by atoms with Crippen molar-refractivity contribution in [3.8, 4) is 5.75 Å². The second-order valence-electron chi connectivity index (χ2n) is 8.04. The number of thioether (sulfide) groups is 1. The van der Waals surface area contributed by atoms with Crippen molar-refractivity contribution in [2.24, 2.45) is 0 Å². The first-order valence-corrected chi connectivity index (χ1v) is 12.1. The number of hydrogen-bond acceptors (Lipinski definition) is 7. The lowest BCUT2D eigenvalue weighted by Crippen LogP contribution is -2.15. The Hall–Kier alpha value is -3.33. The smallest absolute Gasteiger partial charge is 0.337 e. The summed E-state index contributed by atoms with van der Waals surface area (Å²) < 4.78 is 12.8. The van der Waals surface area contributed by atoms with Gasteiger partial charge in [-0.15, -0.1) is 10.2 Å². The molecule has 0 radical (unpaired) electrons. The number of aromatic nitrogens is 3. The zero-order valence-electron chi connectivity index (χ0n) is 20.1. The van der Waals surface area contributed by atoms with Crippen LogP contribution in [0.1, 0.15) is 54.0 Å². The van der Waals surface area contributed by atoms with Gasteiger partial charge in [0, 0.05) is 12.2 Å². The number of anilines is 1. The molecule has 2 aromatic carbocycles. The van der Waals surface area contributed by atoms with Gasteiger partial charge in [0.2, 0.25) is 5.91 Å². The topological polar surface area (TPSA) is 95.3 Å². The summed E-state index contributed by atoms with van der Waals surface area (Å²) in [4.78, 5) is 24.1. The molecule has 1 amide bonds. The Morgan fingerprint density at radius 3 is 2.65 bits per heavy atom. The molecular weight excluding hydrogens is 452 g/mol. The van der Waals surface area contributed by atoms with Crippen LogP contribution in [0.4, 0.5) is 5.69 Å². The van der Waals surface area contributed by atoms with Gasteiger partial charge in [-0.2, -0.15) is 0 Å². The highest BCUT2D eigenvalue weighted by Crippen LogP contribution is 2.28. The Balaban J connectivity index is 1.62. The molecule has 0 atom stereocenters. The van der Waals surface area contributed by atoms with E-state index in [1.54, 1.807) is 24.3 Å². The van der Waals surface area contributed by atoms with E-state index in [2.05, 4.69) is 41.5 Å². The van der Waals surface area contributed by atoms with E-state index >= 15 is 0 Å². The summed E-state index contributed by atoms with van der Waals surface area (Å²) in [6.07, 6.45) is 0. The van der Waals surface area contributed by atoms with Crippen LogP contribution < -0.4 is 10.1 Å². The van der Waals surface area contributed by atoms with Crippen molar-refractivity contribution >= 4 is 29.3 Å². The Morgan fingerprint density at radius 2 is 1.94 bits per heavy atom. The highest BCUT2D eigenvalue weighted by molar-refractivity contribution is 7.99. The fraction of sp³-hybridized carbons (Fsp3) is 0.360. The van der Waals surface area contributed by atoms with Gasteiger partial charge in [0.15, 0.2) is 11.0 Å². The number of nitrogens with one attached hydrogen (secondary N) is 1. The second kappa shape index (κ2) is 11.7. The summed E-state index contributed by atoms with van der Waals surface area (Å²) in [6.45, 7) is 9.26. The summed E-state index contributed by atoms with van der Waals surface area (Å²) >= 11 is 1.30. The van der Waals surface area contributed by atoms with Gasteiger partial charge in [-0.25, -0.2) is 4.79 Å². The van der Waals surface area contributed by atoms with Crippen LogP contribution in [0.2, 0.25) is 0 Å². The van der Waals surface area contributed by atoms with Crippen molar-refractivity contribution in [2.75, 3.05) is 18.2 Å².